The predicted octanol–water partition coefficient (Wildman–Crippen LogP) is 3.94. The lowest BCUT2D eigenvalue weighted by Gasteiger charge is -2.08. The van der Waals surface area contributed by atoms with Crippen LogP contribution >= 0.6 is 11.6 Å². The molecule has 1 heterocycles. The lowest BCUT2D eigenvalue weighted by Crippen LogP contribution is -1.99. The van der Waals surface area contributed by atoms with Crippen molar-refractivity contribution < 1.29 is 4.74 Å². The minimum absolute atomic E-state index is 0.691. The maximum absolute atomic E-state index is 5.76. The van der Waals surface area contributed by atoms with Crippen molar-refractivity contribution in [1.82, 2.24) is 4.98 Å². The normalized spacial score (nSPS) is 10.7. The fourth-order valence-corrected chi connectivity index (χ4v) is 1.90. The second-order valence-corrected chi connectivity index (χ2v) is 4.40. The third-order valence-electron chi connectivity index (χ3n) is 2.61. The Kier molecular flexibility index (Phi) is 4.21. The molecule has 0 N–H and O–H groups in total. The van der Waals surface area contributed by atoms with Gasteiger partial charge in [0.15, 0.2) is 0 Å². The molecule has 1 aromatic heterocycles. The second kappa shape index (κ2) is 5.87. The summed E-state index contributed by atoms with van der Waals surface area (Å²) >= 11 is 5.63. The first-order valence-electron chi connectivity index (χ1n) is 5.86. The van der Waals surface area contributed by atoms with Crippen molar-refractivity contribution in [1.29, 1.82) is 0 Å². The average molecular weight is 250 g/mol. The summed E-state index contributed by atoms with van der Waals surface area (Å²) in [4.78, 5) is 4.52. The molecule has 0 unspecified atom stereocenters. The van der Waals surface area contributed by atoms with Crippen molar-refractivity contribution in [2.24, 2.45) is 0 Å². The molecule has 0 amide bonds. The van der Waals surface area contributed by atoms with Gasteiger partial charge in [-0.05, 0) is 31.9 Å². The van der Waals surface area contributed by atoms with Crippen LogP contribution in [0.1, 0.15) is 18.5 Å². The largest absolute Gasteiger partial charge is 0.491 e. The summed E-state index contributed by atoms with van der Waals surface area (Å²) in [5, 5.41) is 1.12. The summed E-state index contributed by atoms with van der Waals surface area (Å²) in [7, 11) is 0. The zero-order chi connectivity index (χ0) is 12.1. The number of halogens is 1. The van der Waals surface area contributed by atoms with E-state index in [9.17, 15) is 0 Å². The van der Waals surface area contributed by atoms with Crippen molar-refractivity contribution in [3.63, 3.8) is 0 Å². The molecule has 90 valence electrons. The van der Waals surface area contributed by atoms with Gasteiger partial charge in [-0.15, -0.1) is 11.6 Å². The van der Waals surface area contributed by atoms with Crippen LogP contribution in [0.4, 0.5) is 0 Å². The van der Waals surface area contributed by atoms with Crippen LogP contribution in [-0.2, 0) is 0 Å². The first kappa shape index (κ1) is 12.2. The van der Waals surface area contributed by atoms with E-state index in [-0.39, 0.29) is 0 Å². The van der Waals surface area contributed by atoms with E-state index in [1.807, 2.05) is 31.2 Å². The first-order chi connectivity index (χ1) is 8.31. The van der Waals surface area contributed by atoms with Gasteiger partial charge in [0.05, 0.1) is 6.61 Å². The Morgan fingerprint density at radius 2 is 2.06 bits per heavy atom. The Morgan fingerprint density at radius 3 is 2.88 bits per heavy atom. The SMILES string of the molecule is Cc1ccc2cccc(OCCCCCl)c2n1. The Morgan fingerprint density at radius 1 is 1.18 bits per heavy atom. The Hall–Kier alpha value is -1.28. The Balaban J connectivity index is 2.18. The number of nitrogens with zero attached hydrogens (tertiary/aromatic N) is 1. The standard InChI is InChI=1S/C14H16ClNO/c1-11-7-8-12-5-4-6-13(14(12)16-11)17-10-3-2-9-15/h4-8H,2-3,9-10H2,1H3. The Labute approximate surface area is 107 Å². The molecule has 0 saturated heterocycles. The van der Waals surface area contributed by atoms with E-state index in [4.69, 9.17) is 16.3 Å². The van der Waals surface area contributed by atoms with Gasteiger partial charge >= 0.3 is 0 Å². The molecule has 0 saturated carbocycles. The van der Waals surface area contributed by atoms with E-state index in [0.29, 0.717) is 12.5 Å². The molecular weight excluding hydrogens is 234 g/mol. The van der Waals surface area contributed by atoms with Gasteiger partial charge < -0.3 is 4.74 Å². The lowest BCUT2D eigenvalue weighted by molar-refractivity contribution is 0.312. The van der Waals surface area contributed by atoms with E-state index in [2.05, 4.69) is 11.1 Å². The summed E-state index contributed by atoms with van der Waals surface area (Å²) in [6, 6.07) is 10.1. The Bertz CT molecular complexity index is 499. The molecule has 3 heteroatoms. The first-order valence-corrected chi connectivity index (χ1v) is 6.40. The minimum Gasteiger partial charge on any atom is -0.491 e. The second-order valence-electron chi connectivity index (χ2n) is 4.03. The van der Waals surface area contributed by atoms with Gasteiger partial charge in [-0.25, -0.2) is 4.98 Å². The molecule has 0 atom stereocenters. The molecule has 0 aliphatic heterocycles. The smallest absolute Gasteiger partial charge is 0.145 e. The maximum atomic E-state index is 5.76. The number of pyridine rings is 1. The van der Waals surface area contributed by atoms with E-state index >= 15 is 0 Å². The van der Waals surface area contributed by atoms with Gasteiger partial charge in [0.1, 0.15) is 11.3 Å². The number of benzene rings is 1. The number of hydrogen-bond donors (Lipinski definition) is 0. The number of aromatic nitrogens is 1. The number of hydrogen-bond acceptors (Lipinski definition) is 2. The van der Waals surface area contributed by atoms with Crippen LogP contribution in [0.2, 0.25) is 0 Å². The van der Waals surface area contributed by atoms with E-state index in [1.54, 1.807) is 0 Å². The highest BCUT2D eigenvalue weighted by molar-refractivity contribution is 6.17. The number of alkyl halides is 1. The van der Waals surface area contributed by atoms with Crippen LogP contribution in [0.15, 0.2) is 30.3 Å². The number of fused-ring (bicyclic) bond motifs is 1. The van der Waals surface area contributed by atoms with Gasteiger partial charge in [-0.2, -0.15) is 0 Å². The van der Waals surface area contributed by atoms with Crippen LogP contribution in [0.5, 0.6) is 5.75 Å². The minimum atomic E-state index is 0.691. The van der Waals surface area contributed by atoms with Crippen LogP contribution < -0.4 is 4.74 Å². The highest BCUT2D eigenvalue weighted by Crippen LogP contribution is 2.24. The average Bonchev–Trinajstić information content (AvgIpc) is 2.35. The van der Waals surface area contributed by atoms with Gasteiger partial charge in [-0.1, -0.05) is 18.2 Å². The topological polar surface area (TPSA) is 22.1 Å². The van der Waals surface area contributed by atoms with Crippen molar-refractivity contribution in [3.05, 3.63) is 36.0 Å². The molecule has 2 rings (SSSR count). The van der Waals surface area contributed by atoms with Gasteiger partial charge in [0.25, 0.3) is 0 Å². The molecule has 0 fully saturated rings. The van der Waals surface area contributed by atoms with Crippen LogP contribution in [0.3, 0.4) is 0 Å². The number of rotatable bonds is 5. The number of para-hydroxylation sites is 1. The van der Waals surface area contributed by atoms with Crippen LogP contribution in [-0.4, -0.2) is 17.5 Å². The molecule has 2 nitrogen and oxygen atoms in total. The lowest BCUT2D eigenvalue weighted by atomic mass is 10.2. The zero-order valence-corrected chi connectivity index (χ0v) is 10.7. The van der Waals surface area contributed by atoms with Gasteiger partial charge in [0, 0.05) is 17.0 Å². The summed E-state index contributed by atoms with van der Waals surface area (Å²) < 4.78 is 5.76. The van der Waals surface area contributed by atoms with E-state index in [0.717, 1.165) is 35.2 Å². The van der Waals surface area contributed by atoms with E-state index < -0.39 is 0 Å². The van der Waals surface area contributed by atoms with Crippen LogP contribution in [0.25, 0.3) is 10.9 Å². The van der Waals surface area contributed by atoms with Crippen molar-refractivity contribution in [3.8, 4) is 5.75 Å². The molecule has 17 heavy (non-hydrogen) atoms. The summed E-state index contributed by atoms with van der Waals surface area (Å²) in [5.74, 6) is 1.55. The van der Waals surface area contributed by atoms with Crippen molar-refractivity contribution >= 4 is 22.5 Å². The fourth-order valence-electron chi connectivity index (χ4n) is 1.71. The third-order valence-corrected chi connectivity index (χ3v) is 2.88. The maximum Gasteiger partial charge on any atom is 0.145 e. The highest BCUT2D eigenvalue weighted by Gasteiger charge is 2.03. The highest BCUT2D eigenvalue weighted by atomic mass is 35.5. The molecule has 0 bridgehead atoms. The molecule has 0 spiro atoms. The molecule has 1 aromatic carbocycles. The number of unbranched alkanes of at least 4 members (excludes halogenated alkanes) is 1. The van der Waals surface area contributed by atoms with Crippen molar-refractivity contribution in [2.75, 3.05) is 12.5 Å². The van der Waals surface area contributed by atoms with Gasteiger partial charge in [0.2, 0.25) is 0 Å². The fraction of sp³-hybridized carbons (Fsp3) is 0.357. The van der Waals surface area contributed by atoms with Crippen molar-refractivity contribution in [2.45, 2.75) is 19.8 Å². The molecule has 0 aliphatic carbocycles. The number of ether oxygens (including phenoxy) is 1. The monoisotopic (exact) mass is 249 g/mol. The van der Waals surface area contributed by atoms with Gasteiger partial charge in [-0.3, -0.25) is 0 Å². The molecule has 0 aliphatic rings. The number of aryl methyl sites for hydroxylation is 1. The molecular formula is C14H16ClNO. The van der Waals surface area contributed by atoms with Crippen LogP contribution in [0, 0.1) is 6.92 Å². The summed E-state index contributed by atoms with van der Waals surface area (Å²) in [5.41, 5.74) is 1.95. The molecule has 0 radical (unpaired) electrons. The zero-order valence-electron chi connectivity index (χ0n) is 9.95. The molecule has 2 aromatic rings. The van der Waals surface area contributed by atoms with E-state index in [1.165, 1.54) is 0 Å². The predicted molar refractivity (Wildman–Crippen MR) is 71.9 cm³/mol. The summed E-state index contributed by atoms with van der Waals surface area (Å²) in [6.45, 7) is 2.69. The summed E-state index contributed by atoms with van der Waals surface area (Å²) in [6.07, 6.45) is 1.96. The third kappa shape index (κ3) is 3.10. The quantitative estimate of drug-likeness (QED) is 0.592.